The Balaban J connectivity index is 1.46. The van der Waals surface area contributed by atoms with E-state index in [9.17, 15) is 10.1 Å². The minimum absolute atomic E-state index is 0.0693. The minimum atomic E-state index is -0.390. The predicted octanol–water partition coefficient (Wildman–Crippen LogP) is 6.58. The molecule has 1 aliphatic carbocycles. The van der Waals surface area contributed by atoms with Gasteiger partial charge in [0.05, 0.1) is 17.2 Å². The Morgan fingerprint density at radius 1 is 0.939 bits per heavy atom. The van der Waals surface area contributed by atoms with Crippen LogP contribution in [0.5, 0.6) is 6.01 Å². The summed E-state index contributed by atoms with van der Waals surface area (Å²) in [7, 11) is 0. The molecule has 0 amide bonds. The monoisotopic (exact) mass is 445 g/mol. The largest absolute Gasteiger partial charge is 0.463 e. The van der Waals surface area contributed by atoms with E-state index in [0.29, 0.717) is 12.6 Å². The topological polar surface area (TPSA) is 78.2 Å². The van der Waals surface area contributed by atoms with Crippen molar-refractivity contribution in [3.8, 4) is 17.3 Å². The first-order valence-corrected chi connectivity index (χ1v) is 12.0. The van der Waals surface area contributed by atoms with E-state index in [1.807, 2.05) is 12.1 Å². The highest BCUT2D eigenvalue weighted by Crippen LogP contribution is 2.27. The summed E-state index contributed by atoms with van der Waals surface area (Å²) in [5, 5.41) is 11.0. The molecule has 4 rings (SSSR count). The van der Waals surface area contributed by atoms with Crippen molar-refractivity contribution < 1.29 is 9.66 Å². The standard InChI is InChI=1S/C27H31N3O3/c31-30(32)25-16-14-23(15-17-25)26-20-24(13-7-12-21-8-3-1-4-9-21)28-27(29-26)33-19-18-22-10-5-2-6-11-22/h1,3-4,8-9,14-17,20,22H,2,5-7,10-13,18-19H2. The second-order valence-corrected chi connectivity index (χ2v) is 8.81. The van der Waals surface area contributed by atoms with Crippen LogP contribution in [0.3, 0.4) is 0 Å². The number of nitrogens with zero attached hydrogens (tertiary/aromatic N) is 3. The molecule has 0 spiro atoms. The summed E-state index contributed by atoms with van der Waals surface area (Å²) in [6.45, 7) is 0.623. The van der Waals surface area contributed by atoms with Crippen LogP contribution in [0.15, 0.2) is 60.7 Å². The number of hydrogen-bond acceptors (Lipinski definition) is 5. The van der Waals surface area contributed by atoms with E-state index in [1.165, 1.54) is 49.8 Å². The number of rotatable bonds is 10. The molecular formula is C27H31N3O3. The van der Waals surface area contributed by atoms with E-state index in [1.54, 1.807) is 12.1 Å². The molecule has 6 heteroatoms. The van der Waals surface area contributed by atoms with Crippen molar-refractivity contribution in [2.45, 2.75) is 57.8 Å². The fourth-order valence-corrected chi connectivity index (χ4v) is 4.48. The first kappa shape index (κ1) is 22.9. The SMILES string of the molecule is O=[N+]([O-])c1ccc(-c2cc(CCCc3ccccc3)nc(OCCC3CCCCC3)n2)cc1. The fourth-order valence-electron chi connectivity index (χ4n) is 4.48. The lowest BCUT2D eigenvalue weighted by molar-refractivity contribution is -0.384. The Hall–Kier alpha value is -3.28. The molecule has 0 atom stereocenters. The summed E-state index contributed by atoms with van der Waals surface area (Å²) in [4.78, 5) is 19.9. The lowest BCUT2D eigenvalue weighted by Gasteiger charge is -2.21. The molecule has 0 bridgehead atoms. The lowest BCUT2D eigenvalue weighted by atomic mass is 9.87. The van der Waals surface area contributed by atoms with Gasteiger partial charge in [-0.2, -0.15) is 4.98 Å². The van der Waals surface area contributed by atoms with E-state index in [2.05, 4.69) is 34.2 Å². The van der Waals surface area contributed by atoms with Crippen LogP contribution in [0.25, 0.3) is 11.3 Å². The van der Waals surface area contributed by atoms with Gasteiger partial charge in [-0.3, -0.25) is 10.1 Å². The molecule has 1 heterocycles. The number of ether oxygens (including phenoxy) is 1. The van der Waals surface area contributed by atoms with Crippen LogP contribution in [0.2, 0.25) is 0 Å². The van der Waals surface area contributed by atoms with Crippen molar-refractivity contribution in [1.82, 2.24) is 9.97 Å². The highest BCUT2D eigenvalue weighted by atomic mass is 16.6. The van der Waals surface area contributed by atoms with E-state index >= 15 is 0 Å². The Labute approximate surface area is 195 Å². The molecule has 33 heavy (non-hydrogen) atoms. The van der Waals surface area contributed by atoms with E-state index < -0.39 is 4.92 Å². The lowest BCUT2D eigenvalue weighted by Crippen LogP contribution is -2.12. The molecule has 1 saturated carbocycles. The first-order chi connectivity index (χ1) is 16.2. The smallest absolute Gasteiger partial charge is 0.317 e. The number of benzene rings is 2. The van der Waals surface area contributed by atoms with Gasteiger partial charge in [0.1, 0.15) is 0 Å². The van der Waals surface area contributed by atoms with E-state index in [-0.39, 0.29) is 5.69 Å². The Morgan fingerprint density at radius 2 is 1.70 bits per heavy atom. The van der Waals surface area contributed by atoms with Gasteiger partial charge in [0.25, 0.3) is 5.69 Å². The summed E-state index contributed by atoms with van der Waals surface area (Å²) < 4.78 is 6.01. The van der Waals surface area contributed by atoms with Crippen molar-refractivity contribution >= 4 is 5.69 Å². The molecule has 3 aromatic rings. The number of non-ortho nitro benzene ring substituents is 1. The van der Waals surface area contributed by atoms with Gasteiger partial charge >= 0.3 is 6.01 Å². The van der Waals surface area contributed by atoms with E-state index in [4.69, 9.17) is 4.74 Å². The summed E-state index contributed by atoms with van der Waals surface area (Å²) in [6, 6.07) is 19.3. The third kappa shape index (κ3) is 6.85. The maximum atomic E-state index is 11.0. The fraction of sp³-hybridized carbons (Fsp3) is 0.407. The number of aryl methyl sites for hydroxylation is 2. The van der Waals surface area contributed by atoms with Gasteiger partial charge in [0.15, 0.2) is 0 Å². The molecule has 2 aromatic carbocycles. The Kier molecular flexibility index (Phi) is 8.01. The molecule has 1 fully saturated rings. The van der Waals surface area contributed by atoms with Gasteiger partial charge in [0.2, 0.25) is 0 Å². The zero-order valence-corrected chi connectivity index (χ0v) is 19.0. The van der Waals surface area contributed by atoms with Crippen LogP contribution in [0, 0.1) is 16.0 Å². The molecule has 172 valence electrons. The van der Waals surface area contributed by atoms with Gasteiger partial charge in [0, 0.05) is 23.4 Å². The zero-order chi connectivity index (χ0) is 22.9. The summed E-state index contributed by atoms with van der Waals surface area (Å²) in [5.41, 5.74) is 3.87. The van der Waals surface area contributed by atoms with Crippen molar-refractivity contribution in [3.63, 3.8) is 0 Å². The van der Waals surface area contributed by atoms with Crippen molar-refractivity contribution in [2.24, 2.45) is 5.92 Å². The Bertz CT molecular complexity index is 1030. The molecule has 0 aliphatic heterocycles. The molecule has 0 radical (unpaired) electrons. The van der Waals surface area contributed by atoms with Crippen LogP contribution >= 0.6 is 0 Å². The third-order valence-corrected chi connectivity index (χ3v) is 6.36. The van der Waals surface area contributed by atoms with Crippen LogP contribution in [-0.2, 0) is 12.8 Å². The third-order valence-electron chi connectivity index (χ3n) is 6.36. The Morgan fingerprint density at radius 3 is 2.42 bits per heavy atom. The van der Waals surface area contributed by atoms with Crippen LogP contribution in [0.4, 0.5) is 5.69 Å². The average Bonchev–Trinajstić information content (AvgIpc) is 2.85. The van der Waals surface area contributed by atoms with Gasteiger partial charge in [-0.25, -0.2) is 4.98 Å². The molecule has 1 aliphatic rings. The molecule has 6 nitrogen and oxygen atoms in total. The highest BCUT2D eigenvalue weighted by Gasteiger charge is 2.15. The number of nitro groups is 1. The molecule has 0 N–H and O–H groups in total. The van der Waals surface area contributed by atoms with Gasteiger partial charge < -0.3 is 4.74 Å². The van der Waals surface area contributed by atoms with Crippen LogP contribution in [-0.4, -0.2) is 21.5 Å². The van der Waals surface area contributed by atoms with Gasteiger partial charge in [-0.15, -0.1) is 0 Å². The molecule has 0 saturated heterocycles. The summed E-state index contributed by atoms with van der Waals surface area (Å²) in [6.07, 6.45) is 10.4. The van der Waals surface area contributed by atoms with Crippen molar-refractivity contribution in [3.05, 3.63) is 82.0 Å². The normalized spacial score (nSPS) is 14.2. The number of aromatic nitrogens is 2. The zero-order valence-electron chi connectivity index (χ0n) is 19.0. The summed E-state index contributed by atoms with van der Waals surface area (Å²) >= 11 is 0. The summed E-state index contributed by atoms with van der Waals surface area (Å²) in [5.74, 6) is 0.738. The average molecular weight is 446 g/mol. The maximum Gasteiger partial charge on any atom is 0.317 e. The van der Waals surface area contributed by atoms with Crippen LogP contribution < -0.4 is 4.74 Å². The minimum Gasteiger partial charge on any atom is -0.463 e. The van der Waals surface area contributed by atoms with Gasteiger partial charge in [-0.05, 0) is 55.4 Å². The highest BCUT2D eigenvalue weighted by molar-refractivity contribution is 5.61. The van der Waals surface area contributed by atoms with Crippen LogP contribution in [0.1, 0.15) is 56.2 Å². The second-order valence-electron chi connectivity index (χ2n) is 8.81. The second kappa shape index (κ2) is 11.5. The van der Waals surface area contributed by atoms with Gasteiger partial charge in [-0.1, -0.05) is 62.4 Å². The maximum absolute atomic E-state index is 11.0. The quantitative estimate of drug-likeness (QED) is 0.260. The molecular weight excluding hydrogens is 414 g/mol. The van der Waals surface area contributed by atoms with Crippen molar-refractivity contribution in [1.29, 1.82) is 0 Å². The number of nitro benzene ring substituents is 1. The number of hydrogen-bond donors (Lipinski definition) is 0. The first-order valence-electron chi connectivity index (χ1n) is 12.0. The van der Waals surface area contributed by atoms with E-state index in [0.717, 1.165) is 48.6 Å². The molecule has 0 unspecified atom stereocenters. The predicted molar refractivity (Wildman–Crippen MR) is 129 cm³/mol. The van der Waals surface area contributed by atoms with Crippen molar-refractivity contribution in [2.75, 3.05) is 6.61 Å². The molecule has 1 aromatic heterocycles.